The number of rotatable bonds is 3. The Balaban J connectivity index is 1.81. The zero-order valence-corrected chi connectivity index (χ0v) is 13.7. The molecule has 0 radical (unpaired) electrons. The summed E-state index contributed by atoms with van der Waals surface area (Å²) in [5.74, 6) is -1.47. The quantitative estimate of drug-likeness (QED) is 0.443. The molecule has 4 heteroatoms. The van der Waals surface area contributed by atoms with E-state index in [2.05, 4.69) is 0 Å². The van der Waals surface area contributed by atoms with Crippen molar-refractivity contribution in [2.24, 2.45) is 0 Å². The van der Waals surface area contributed by atoms with Gasteiger partial charge in [0.15, 0.2) is 0 Å². The molecule has 3 aromatic rings. The molecule has 0 spiro atoms. The van der Waals surface area contributed by atoms with E-state index in [1.165, 1.54) is 6.07 Å². The molecule has 0 aromatic heterocycles. The number of nitrogen functional groups attached to an aromatic ring is 1. The third kappa shape index (κ3) is 3.75. The number of nitrogens with two attached hydrogens (primary N) is 1. The van der Waals surface area contributed by atoms with Gasteiger partial charge in [-0.3, -0.25) is 0 Å². The first-order valence-electron chi connectivity index (χ1n) is 7.83. The minimum Gasteiger partial charge on any atom is -0.398 e. The molecule has 0 unspecified atom stereocenters. The molecule has 0 heterocycles. The molecule has 0 aliphatic carbocycles. The summed E-state index contributed by atoms with van der Waals surface area (Å²) in [5, 5.41) is 0. The third-order valence-electron chi connectivity index (χ3n) is 3.85. The van der Waals surface area contributed by atoms with Crippen LogP contribution in [0.5, 0.6) is 0 Å². The lowest BCUT2D eigenvalue weighted by atomic mass is 10.0. The summed E-state index contributed by atoms with van der Waals surface area (Å²) in [4.78, 5) is 24.4. The standard InChI is InChI=1S/C21H17NO3/c1-14-9-11-15(12-10-14)16-5-4-6-17(13-16)20(23)25-21(24)18-7-2-3-8-19(18)22/h2-13H,22H2,1H3. The summed E-state index contributed by atoms with van der Waals surface area (Å²) in [6.45, 7) is 2.01. The van der Waals surface area contributed by atoms with E-state index >= 15 is 0 Å². The number of carbonyl (C=O) groups excluding carboxylic acids is 2. The largest absolute Gasteiger partial charge is 0.398 e. The van der Waals surface area contributed by atoms with Crippen LogP contribution in [-0.4, -0.2) is 11.9 Å². The average Bonchev–Trinajstić information content (AvgIpc) is 2.62. The fraction of sp³-hybridized carbons (Fsp3) is 0.0476. The van der Waals surface area contributed by atoms with Gasteiger partial charge < -0.3 is 10.5 Å². The molecule has 0 fully saturated rings. The summed E-state index contributed by atoms with van der Waals surface area (Å²) in [7, 11) is 0. The second-order valence-corrected chi connectivity index (χ2v) is 5.71. The molecule has 0 bridgehead atoms. The molecule has 2 N–H and O–H groups in total. The van der Waals surface area contributed by atoms with Crippen molar-refractivity contribution in [1.29, 1.82) is 0 Å². The van der Waals surface area contributed by atoms with Crippen molar-refractivity contribution in [3.8, 4) is 11.1 Å². The van der Waals surface area contributed by atoms with Crippen LogP contribution in [0.4, 0.5) is 5.69 Å². The van der Waals surface area contributed by atoms with E-state index in [-0.39, 0.29) is 11.3 Å². The molecule has 3 aromatic carbocycles. The van der Waals surface area contributed by atoms with E-state index in [4.69, 9.17) is 10.5 Å². The van der Waals surface area contributed by atoms with Crippen LogP contribution >= 0.6 is 0 Å². The molecule has 124 valence electrons. The topological polar surface area (TPSA) is 69.4 Å². The highest BCUT2D eigenvalue weighted by Gasteiger charge is 2.17. The molecule has 0 saturated heterocycles. The predicted octanol–water partition coefficient (Wildman–Crippen LogP) is 4.24. The van der Waals surface area contributed by atoms with Crippen molar-refractivity contribution < 1.29 is 14.3 Å². The maximum absolute atomic E-state index is 12.3. The Kier molecular flexibility index (Phi) is 4.61. The van der Waals surface area contributed by atoms with E-state index < -0.39 is 11.9 Å². The van der Waals surface area contributed by atoms with Gasteiger partial charge in [0.1, 0.15) is 0 Å². The van der Waals surface area contributed by atoms with Crippen LogP contribution in [0.2, 0.25) is 0 Å². The lowest BCUT2D eigenvalue weighted by Crippen LogP contribution is -2.14. The summed E-state index contributed by atoms with van der Waals surface area (Å²) in [6, 6.07) is 21.4. The second kappa shape index (κ2) is 7.01. The first kappa shape index (κ1) is 16.5. The number of benzene rings is 3. The number of ether oxygens (including phenoxy) is 1. The second-order valence-electron chi connectivity index (χ2n) is 5.71. The maximum atomic E-state index is 12.3. The molecule has 0 aliphatic rings. The Morgan fingerprint density at radius 1 is 0.800 bits per heavy atom. The molecule has 3 rings (SSSR count). The van der Waals surface area contributed by atoms with Gasteiger partial charge in [-0.1, -0.05) is 54.1 Å². The van der Waals surface area contributed by atoms with Crippen molar-refractivity contribution in [3.05, 3.63) is 89.5 Å². The van der Waals surface area contributed by atoms with Crippen LogP contribution in [-0.2, 0) is 4.74 Å². The van der Waals surface area contributed by atoms with E-state index in [1.807, 2.05) is 37.3 Å². The Bertz CT molecular complexity index is 930. The zero-order valence-electron chi connectivity index (χ0n) is 13.7. The van der Waals surface area contributed by atoms with Gasteiger partial charge in [-0.25, -0.2) is 9.59 Å². The Labute approximate surface area is 145 Å². The van der Waals surface area contributed by atoms with Gasteiger partial charge in [0.05, 0.1) is 11.1 Å². The first-order chi connectivity index (χ1) is 12.0. The highest BCUT2D eigenvalue weighted by atomic mass is 16.6. The van der Waals surface area contributed by atoms with Crippen LogP contribution in [0.1, 0.15) is 26.3 Å². The van der Waals surface area contributed by atoms with Crippen LogP contribution in [0.15, 0.2) is 72.8 Å². The van der Waals surface area contributed by atoms with Gasteiger partial charge in [-0.15, -0.1) is 0 Å². The zero-order chi connectivity index (χ0) is 17.8. The number of aryl methyl sites for hydroxylation is 1. The average molecular weight is 331 g/mol. The lowest BCUT2D eigenvalue weighted by molar-refractivity contribution is 0.0398. The molecule has 25 heavy (non-hydrogen) atoms. The van der Waals surface area contributed by atoms with E-state index in [0.717, 1.165) is 16.7 Å². The highest BCUT2D eigenvalue weighted by molar-refractivity contribution is 6.05. The highest BCUT2D eigenvalue weighted by Crippen LogP contribution is 2.22. The van der Waals surface area contributed by atoms with Crippen LogP contribution in [0.3, 0.4) is 0 Å². The van der Waals surface area contributed by atoms with Gasteiger partial charge in [-0.2, -0.15) is 0 Å². The minimum atomic E-state index is -0.760. The Morgan fingerprint density at radius 2 is 1.52 bits per heavy atom. The molecule has 0 saturated carbocycles. The SMILES string of the molecule is Cc1ccc(-c2cccc(C(=O)OC(=O)c3ccccc3N)c2)cc1. The van der Waals surface area contributed by atoms with Crippen LogP contribution in [0, 0.1) is 6.92 Å². The van der Waals surface area contributed by atoms with E-state index in [9.17, 15) is 9.59 Å². The fourth-order valence-corrected chi connectivity index (χ4v) is 2.45. The van der Waals surface area contributed by atoms with Crippen LogP contribution in [0.25, 0.3) is 11.1 Å². The van der Waals surface area contributed by atoms with Gasteiger partial charge in [0.25, 0.3) is 0 Å². The third-order valence-corrected chi connectivity index (χ3v) is 3.85. The number of carbonyl (C=O) groups is 2. The molecule has 0 atom stereocenters. The van der Waals surface area contributed by atoms with E-state index in [0.29, 0.717) is 5.56 Å². The molecule has 0 amide bonds. The summed E-state index contributed by atoms with van der Waals surface area (Å²) < 4.78 is 4.96. The molecular formula is C21H17NO3. The van der Waals surface area contributed by atoms with Gasteiger partial charge in [-0.05, 0) is 42.3 Å². The van der Waals surface area contributed by atoms with Crippen molar-refractivity contribution in [1.82, 2.24) is 0 Å². The smallest absolute Gasteiger partial charge is 0.348 e. The number of hydrogen-bond donors (Lipinski definition) is 1. The molecular weight excluding hydrogens is 314 g/mol. The Morgan fingerprint density at radius 3 is 2.24 bits per heavy atom. The number of hydrogen-bond acceptors (Lipinski definition) is 4. The summed E-state index contributed by atoms with van der Waals surface area (Å²) in [5.41, 5.74) is 9.51. The minimum absolute atomic E-state index is 0.172. The summed E-state index contributed by atoms with van der Waals surface area (Å²) in [6.07, 6.45) is 0. The maximum Gasteiger partial charge on any atom is 0.348 e. The Hall–Kier alpha value is -3.40. The fourth-order valence-electron chi connectivity index (χ4n) is 2.45. The van der Waals surface area contributed by atoms with Gasteiger partial charge in [0, 0.05) is 5.69 Å². The lowest BCUT2D eigenvalue weighted by Gasteiger charge is -2.07. The normalized spacial score (nSPS) is 10.3. The van der Waals surface area contributed by atoms with E-state index in [1.54, 1.807) is 36.4 Å². The number of para-hydroxylation sites is 1. The first-order valence-corrected chi connectivity index (χ1v) is 7.83. The predicted molar refractivity (Wildman–Crippen MR) is 97.2 cm³/mol. The monoisotopic (exact) mass is 331 g/mol. The van der Waals surface area contributed by atoms with Crippen molar-refractivity contribution in [2.45, 2.75) is 6.92 Å². The van der Waals surface area contributed by atoms with Crippen molar-refractivity contribution in [3.63, 3.8) is 0 Å². The van der Waals surface area contributed by atoms with Crippen molar-refractivity contribution in [2.75, 3.05) is 5.73 Å². The number of anilines is 1. The summed E-state index contributed by atoms with van der Waals surface area (Å²) >= 11 is 0. The molecule has 4 nitrogen and oxygen atoms in total. The van der Waals surface area contributed by atoms with Crippen LogP contribution < -0.4 is 5.73 Å². The number of esters is 2. The molecule has 0 aliphatic heterocycles. The van der Waals surface area contributed by atoms with Gasteiger partial charge in [0.2, 0.25) is 0 Å². The van der Waals surface area contributed by atoms with Crippen molar-refractivity contribution >= 4 is 17.6 Å². The van der Waals surface area contributed by atoms with Gasteiger partial charge >= 0.3 is 11.9 Å².